The zero-order valence-corrected chi connectivity index (χ0v) is 20.5. The van der Waals surface area contributed by atoms with E-state index >= 15 is 0 Å². The first kappa shape index (κ1) is 23.8. The summed E-state index contributed by atoms with van der Waals surface area (Å²) in [6.07, 6.45) is 1.55. The number of hydrogen-bond acceptors (Lipinski definition) is 7. The van der Waals surface area contributed by atoms with Gasteiger partial charge in [0.15, 0.2) is 11.5 Å². The van der Waals surface area contributed by atoms with Crippen LogP contribution in [0.5, 0.6) is 17.2 Å². The summed E-state index contributed by atoms with van der Waals surface area (Å²) >= 11 is 6.51. The van der Waals surface area contributed by atoms with Gasteiger partial charge in [-0.05, 0) is 41.8 Å². The Morgan fingerprint density at radius 1 is 1.06 bits per heavy atom. The Morgan fingerprint density at radius 2 is 1.81 bits per heavy atom. The van der Waals surface area contributed by atoms with Crippen LogP contribution in [0.1, 0.15) is 16.7 Å². The maximum atomic E-state index is 14.1. The molecule has 0 aliphatic carbocycles. The molecule has 1 aromatic heterocycles. The molecule has 36 heavy (non-hydrogen) atoms. The van der Waals surface area contributed by atoms with Gasteiger partial charge in [-0.2, -0.15) is 0 Å². The lowest BCUT2D eigenvalue weighted by atomic mass is 10.0. The normalized spacial score (nSPS) is 12.4. The molecule has 0 radical (unpaired) electrons. The van der Waals surface area contributed by atoms with Crippen molar-refractivity contribution in [1.29, 1.82) is 0 Å². The van der Waals surface area contributed by atoms with Crippen LogP contribution in [0.2, 0.25) is 5.02 Å². The van der Waals surface area contributed by atoms with Crippen molar-refractivity contribution in [1.82, 2.24) is 9.97 Å². The van der Waals surface area contributed by atoms with E-state index in [0.717, 1.165) is 5.56 Å². The van der Waals surface area contributed by atoms with Crippen LogP contribution in [0.15, 0.2) is 48.8 Å². The van der Waals surface area contributed by atoms with Gasteiger partial charge in [0.25, 0.3) is 0 Å². The highest BCUT2D eigenvalue weighted by Crippen LogP contribution is 2.46. The van der Waals surface area contributed by atoms with Crippen LogP contribution in [0, 0.1) is 12.7 Å². The van der Waals surface area contributed by atoms with Crippen molar-refractivity contribution in [2.24, 2.45) is 0 Å². The lowest BCUT2D eigenvalue weighted by Gasteiger charge is -2.23. The first-order chi connectivity index (χ1) is 17.4. The number of nitrogens with one attached hydrogen (secondary N) is 1. The molecule has 0 unspecified atom stereocenters. The van der Waals surface area contributed by atoms with E-state index in [4.69, 9.17) is 25.8 Å². The number of halogens is 2. The van der Waals surface area contributed by atoms with Gasteiger partial charge in [0.2, 0.25) is 5.75 Å². The summed E-state index contributed by atoms with van der Waals surface area (Å²) in [5.74, 6) is 1.56. The van der Waals surface area contributed by atoms with Crippen LogP contribution in [-0.4, -0.2) is 36.1 Å². The van der Waals surface area contributed by atoms with E-state index in [2.05, 4.69) is 15.3 Å². The van der Waals surface area contributed by atoms with Gasteiger partial charge in [0, 0.05) is 29.6 Å². The average molecular weight is 508 g/mol. The summed E-state index contributed by atoms with van der Waals surface area (Å²) in [5.41, 5.74) is 3.14. The number of rotatable bonds is 7. The number of carbonyl (C=O) groups excluding carboxylic acids is 1. The number of hydrogen-bond donors (Lipinski definition) is 1. The zero-order valence-electron chi connectivity index (χ0n) is 19.7. The summed E-state index contributed by atoms with van der Waals surface area (Å²) < 4.78 is 31.2. The first-order valence-electron chi connectivity index (χ1n) is 11.4. The molecule has 1 aliphatic heterocycles. The maximum absolute atomic E-state index is 14.1. The number of Topliss-reactive ketones (excluding diaryl/α,β-unsaturated/α-hetero) is 1. The third kappa shape index (κ3) is 4.77. The molecule has 0 fully saturated rings. The van der Waals surface area contributed by atoms with Gasteiger partial charge in [0.05, 0.1) is 18.0 Å². The molecular weight excluding hydrogens is 485 g/mol. The van der Waals surface area contributed by atoms with Crippen molar-refractivity contribution < 1.29 is 23.4 Å². The number of benzene rings is 3. The molecule has 1 aliphatic rings. The number of carbonyl (C=O) groups is 1. The quantitative estimate of drug-likeness (QED) is 0.348. The van der Waals surface area contributed by atoms with Crippen molar-refractivity contribution in [2.75, 3.05) is 25.6 Å². The largest absolute Gasteiger partial charge is 0.493 e. The van der Waals surface area contributed by atoms with Gasteiger partial charge >= 0.3 is 0 Å². The fraction of sp³-hybridized carbons (Fsp3) is 0.222. The van der Waals surface area contributed by atoms with Crippen LogP contribution in [-0.2, 0) is 17.6 Å². The lowest BCUT2D eigenvalue weighted by molar-refractivity contribution is -0.117. The topological polar surface area (TPSA) is 82.6 Å². The van der Waals surface area contributed by atoms with Gasteiger partial charge in [0.1, 0.15) is 37.0 Å². The Hall–Kier alpha value is -3.91. The highest BCUT2D eigenvalue weighted by Gasteiger charge is 2.24. The number of anilines is 2. The predicted molar refractivity (Wildman–Crippen MR) is 135 cm³/mol. The van der Waals surface area contributed by atoms with Crippen LogP contribution >= 0.6 is 11.6 Å². The summed E-state index contributed by atoms with van der Waals surface area (Å²) in [6, 6.07) is 11.9. The van der Waals surface area contributed by atoms with Crippen LogP contribution in [0.4, 0.5) is 15.9 Å². The molecule has 9 heteroatoms. The van der Waals surface area contributed by atoms with Gasteiger partial charge in [-0.1, -0.05) is 29.8 Å². The summed E-state index contributed by atoms with van der Waals surface area (Å²) in [5, 5.41) is 4.33. The van der Waals surface area contributed by atoms with Crippen molar-refractivity contribution >= 4 is 39.8 Å². The molecule has 0 saturated heterocycles. The molecule has 0 saturated carbocycles. The molecule has 0 bridgehead atoms. The Morgan fingerprint density at radius 3 is 2.56 bits per heavy atom. The Bertz CT molecular complexity index is 1480. The highest BCUT2D eigenvalue weighted by atomic mass is 35.5. The van der Waals surface area contributed by atoms with Crippen LogP contribution in [0.25, 0.3) is 10.9 Å². The van der Waals surface area contributed by atoms with Gasteiger partial charge in [-0.3, -0.25) is 4.79 Å². The molecule has 4 aromatic rings. The number of ether oxygens (including phenoxy) is 3. The molecule has 0 atom stereocenters. The fourth-order valence-electron chi connectivity index (χ4n) is 4.14. The van der Waals surface area contributed by atoms with E-state index < -0.39 is 0 Å². The predicted octanol–water partition coefficient (Wildman–Crippen LogP) is 5.61. The molecule has 184 valence electrons. The maximum Gasteiger partial charge on any atom is 0.204 e. The van der Waals surface area contributed by atoms with Gasteiger partial charge in [-0.25, -0.2) is 14.4 Å². The van der Waals surface area contributed by atoms with E-state index in [0.29, 0.717) is 69.0 Å². The minimum atomic E-state index is -0.375. The van der Waals surface area contributed by atoms with E-state index in [1.54, 1.807) is 44.4 Å². The molecule has 3 aromatic carbocycles. The van der Waals surface area contributed by atoms with E-state index in [1.165, 1.54) is 12.4 Å². The van der Waals surface area contributed by atoms with Gasteiger partial charge in [-0.15, -0.1) is 0 Å². The molecule has 1 N–H and O–H groups in total. The van der Waals surface area contributed by atoms with Crippen molar-refractivity contribution in [3.8, 4) is 17.2 Å². The third-order valence-corrected chi connectivity index (χ3v) is 6.25. The highest BCUT2D eigenvalue weighted by molar-refractivity contribution is 6.31. The van der Waals surface area contributed by atoms with Gasteiger partial charge < -0.3 is 19.5 Å². The zero-order chi connectivity index (χ0) is 25.2. The fourth-order valence-corrected chi connectivity index (χ4v) is 4.39. The Labute approximate surface area is 212 Å². The molecular formula is C27H23ClFN3O4. The van der Waals surface area contributed by atoms with Crippen LogP contribution in [0.3, 0.4) is 0 Å². The second-order valence-electron chi connectivity index (χ2n) is 8.47. The second kappa shape index (κ2) is 9.99. The monoisotopic (exact) mass is 507 g/mol. The number of ketones is 1. The number of aryl methyl sites for hydroxylation is 1. The SMILES string of the molecule is COc1cc2ncnc(Nc3ccc(CC(=O)Cc4ccc(C)cc4F)c(Cl)c3)c2c2c1OCCO2. The third-order valence-electron chi connectivity index (χ3n) is 5.90. The lowest BCUT2D eigenvalue weighted by Crippen LogP contribution is -2.16. The number of fused-ring (bicyclic) bond motifs is 3. The molecule has 5 rings (SSSR count). The Kier molecular flexibility index (Phi) is 6.61. The second-order valence-corrected chi connectivity index (χ2v) is 8.88. The van der Waals surface area contributed by atoms with Crippen molar-refractivity contribution in [3.63, 3.8) is 0 Å². The molecule has 0 spiro atoms. The minimum absolute atomic E-state index is 0.00596. The van der Waals surface area contributed by atoms with E-state index in [9.17, 15) is 9.18 Å². The first-order valence-corrected chi connectivity index (χ1v) is 11.7. The number of aromatic nitrogens is 2. The summed E-state index contributed by atoms with van der Waals surface area (Å²) in [7, 11) is 1.56. The number of nitrogens with zero attached hydrogens (tertiary/aromatic N) is 2. The van der Waals surface area contributed by atoms with E-state index in [-0.39, 0.29) is 24.4 Å². The molecule has 2 heterocycles. The summed E-state index contributed by atoms with van der Waals surface area (Å²) in [6.45, 7) is 2.61. The summed E-state index contributed by atoms with van der Waals surface area (Å²) in [4.78, 5) is 21.3. The average Bonchev–Trinajstić information content (AvgIpc) is 2.87. The van der Waals surface area contributed by atoms with Crippen LogP contribution < -0.4 is 19.5 Å². The molecule has 7 nitrogen and oxygen atoms in total. The smallest absolute Gasteiger partial charge is 0.204 e. The Balaban J connectivity index is 1.38. The molecule has 0 amide bonds. The minimum Gasteiger partial charge on any atom is -0.493 e. The number of methoxy groups -OCH3 is 1. The standard InChI is InChI=1S/C27H23ClFN3O4/c1-15-3-4-17(21(29)9-15)11-19(33)10-16-5-6-18(12-20(16)28)32-27-24-22(30-14-31-27)13-23(34-2)25-26(24)36-8-7-35-25/h3-6,9,12-14H,7-8,10-11H2,1-2H3,(H,30,31,32). The van der Waals surface area contributed by atoms with Crippen molar-refractivity contribution in [3.05, 3.63) is 76.3 Å². The van der Waals surface area contributed by atoms with E-state index in [1.807, 2.05) is 6.07 Å². The van der Waals surface area contributed by atoms with Crippen molar-refractivity contribution in [2.45, 2.75) is 19.8 Å².